The summed E-state index contributed by atoms with van der Waals surface area (Å²) in [5.41, 5.74) is 0. The zero-order valence-corrected chi connectivity index (χ0v) is 16.4. The summed E-state index contributed by atoms with van der Waals surface area (Å²) < 4.78 is 26.1. The topological polar surface area (TPSA) is 114 Å². The van der Waals surface area contributed by atoms with Crippen LogP contribution >= 0.6 is 7.82 Å². The van der Waals surface area contributed by atoms with Gasteiger partial charge in [0.15, 0.2) is 0 Å². The molecule has 9 nitrogen and oxygen atoms in total. The number of carbonyl (C=O) groups excluding carboxylic acids is 2. The molecule has 0 aliphatic rings. The SMILES string of the molecule is C#CCN(CC#C)C(=O)CCC(=O)NCCOP(=O)(O)OCCCOCC. The molecular weight excluding hydrogens is 375 g/mol. The molecule has 0 aromatic rings. The van der Waals surface area contributed by atoms with Crippen molar-refractivity contribution in [2.75, 3.05) is 46.1 Å². The highest BCUT2D eigenvalue weighted by atomic mass is 31.2. The number of nitrogens with zero attached hydrogens (tertiary/aromatic N) is 1. The van der Waals surface area contributed by atoms with Crippen LogP contribution in [0.1, 0.15) is 26.2 Å². The van der Waals surface area contributed by atoms with Crippen LogP contribution in [0.4, 0.5) is 0 Å². The lowest BCUT2D eigenvalue weighted by atomic mass is 10.2. The van der Waals surface area contributed by atoms with E-state index < -0.39 is 13.7 Å². The molecule has 0 spiro atoms. The maximum atomic E-state index is 11.9. The van der Waals surface area contributed by atoms with Crippen LogP contribution < -0.4 is 5.32 Å². The minimum Gasteiger partial charge on any atom is -0.382 e. The Hall–Kier alpha value is -1.87. The predicted octanol–water partition coefficient (Wildman–Crippen LogP) is 0.538. The summed E-state index contributed by atoms with van der Waals surface area (Å²) >= 11 is 0. The first-order valence-corrected chi connectivity index (χ1v) is 9.96. The maximum Gasteiger partial charge on any atom is 0.472 e. The molecule has 2 N–H and O–H groups in total. The Morgan fingerprint density at radius 1 is 1.11 bits per heavy atom. The Bertz CT molecular complexity index is 567. The van der Waals surface area contributed by atoms with E-state index in [4.69, 9.17) is 26.6 Å². The van der Waals surface area contributed by atoms with E-state index in [1.165, 1.54) is 4.90 Å². The largest absolute Gasteiger partial charge is 0.472 e. The summed E-state index contributed by atoms with van der Waals surface area (Å²) in [6.45, 7) is 2.79. The first-order valence-electron chi connectivity index (χ1n) is 8.47. The molecule has 0 rings (SSSR count). The van der Waals surface area contributed by atoms with Crippen LogP contribution in [-0.4, -0.2) is 67.7 Å². The van der Waals surface area contributed by atoms with Crippen LogP contribution in [0.15, 0.2) is 0 Å². The van der Waals surface area contributed by atoms with Crippen molar-refractivity contribution in [2.24, 2.45) is 0 Å². The Labute approximate surface area is 160 Å². The van der Waals surface area contributed by atoms with Crippen molar-refractivity contribution >= 4 is 19.6 Å². The second kappa shape index (κ2) is 15.2. The highest BCUT2D eigenvalue weighted by Gasteiger charge is 2.20. The Morgan fingerprint density at radius 3 is 2.33 bits per heavy atom. The van der Waals surface area contributed by atoms with Crippen molar-refractivity contribution < 1.29 is 32.8 Å². The zero-order valence-electron chi connectivity index (χ0n) is 15.5. The normalized spacial score (nSPS) is 12.4. The van der Waals surface area contributed by atoms with E-state index in [1.807, 2.05) is 6.92 Å². The highest BCUT2D eigenvalue weighted by molar-refractivity contribution is 7.47. The number of hydrogen-bond acceptors (Lipinski definition) is 6. The molecule has 1 unspecified atom stereocenters. The molecule has 10 heteroatoms. The van der Waals surface area contributed by atoms with Gasteiger partial charge < -0.3 is 19.8 Å². The first kappa shape index (κ1) is 25.1. The van der Waals surface area contributed by atoms with E-state index in [0.29, 0.717) is 19.6 Å². The van der Waals surface area contributed by atoms with Gasteiger partial charge in [-0.3, -0.25) is 18.6 Å². The molecule has 0 heterocycles. The summed E-state index contributed by atoms with van der Waals surface area (Å²) in [5, 5.41) is 2.47. The molecule has 27 heavy (non-hydrogen) atoms. The minimum atomic E-state index is -4.17. The standard InChI is InChI=1S/C17H27N2O7P/c1-4-11-19(12-5-2)17(21)9-8-16(20)18-10-15-26-27(22,23)25-14-7-13-24-6-3/h1-2H,6-15H2,3H3,(H,18,20)(H,22,23). The van der Waals surface area contributed by atoms with E-state index in [2.05, 4.69) is 17.2 Å². The van der Waals surface area contributed by atoms with Gasteiger partial charge in [0.05, 0.1) is 26.3 Å². The molecule has 1 atom stereocenters. The van der Waals surface area contributed by atoms with Gasteiger partial charge in [0.2, 0.25) is 11.8 Å². The van der Waals surface area contributed by atoms with E-state index in [9.17, 15) is 19.0 Å². The van der Waals surface area contributed by atoms with Crippen molar-refractivity contribution in [1.29, 1.82) is 0 Å². The summed E-state index contributed by atoms with van der Waals surface area (Å²) in [7, 11) is -4.17. The van der Waals surface area contributed by atoms with Gasteiger partial charge in [0.25, 0.3) is 0 Å². The molecule has 0 saturated heterocycles. The molecule has 0 saturated carbocycles. The van der Waals surface area contributed by atoms with Gasteiger partial charge in [-0.1, -0.05) is 11.8 Å². The van der Waals surface area contributed by atoms with Crippen molar-refractivity contribution in [3.05, 3.63) is 0 Å². The quantitative estimate of drug-likeness (QED) is 0.233. The Morgan fingerprint density at radius 2 is 1.74 bits per heavy atom. The van der Waals surface area contributed by atoms with Crippen LogP contribution in [0.3, 0.4) is 0 Å². The van der Waals surface area contributed by atoms with Crippen LogP contribution in [0.5, 0.6) is 0 Å². The number of phosphoric acid groups is 1. The molecule has 0 fully saturated rings. The molecule has 0 bridgehead atoms. The fraction of sp³-hybridized carbons (Fsp3) is 0.647. The lowest BCUT2D eigenvalue weighted by Gasteiger charge is -2.17. The predicted molar refractivity (Wildman–Crippen MR) is 99.3 cm³/mol. The monoisotopic (exact) mass is 402 g/mol. The van der Waals surface area contributed by atoms with Gasteiger partial charge in [0, 0.05) is 32.6 Å². The average molecular weight is 402 g/mol. The van der Waals surface area contributed by atoms with Crippen molar-refractivity contribution in [3.63, 3.8) is 0 Å². The van der Waals surface area contributed by atoms with Crippen LogP contribution in [0.2, 0.25) is 0 Å². The fourth-order valence-electron chi connectivity index (χ4n) is 1.79. The fourth-order valence-corrected chi connectivity index (χ4v) is 2.55. The second-order valence-corrected chi connectivity index (χ2v) is 6.65. The summed E-state index contributed by atoms with van der Waals surface area (Å²) in [6, 6.07) is 0. The van der Waals surface area contributed by atoms with E-state index in [0.717, 1.165) is 0 Å². The van der Waals surface area contributed by atoms with Gasteiger partial charge in [-0.25, -0.2) is 4.57 Å². The van der Waals surface area contributed by atoms with Crippen molar-refractivity contribution in [2.45, 2.75) is 26.2 Å². The van der Waals surface area contributed by atoms with Gasteiger partial charge in [-0.05, 0) is 13.3 Å². The number of amides is 2. The molecule has 0 radical (unpaired) electrons. The highest BCUT2D eigenvalue weighted by Crippen LogP contribution is 2.42. The number of hydrogen-bond donors (Lipinski definition) is 2. The number of terminal acetylenes is 2. The van der Waals surface area contributed by atoms with Gasteiger partial charge in [-0.2, -0.15) is 0 Å². The van der Waals surface area contributed by atoms with Crippen LogP contribution in [-0.2, 0) is 27.9 Å². The maximum absolute atomic E-state index is 11.9. The molecule has 0 aromatic carbocycles. The lowest BCUT2D eigenvalue weighted by molar-refractivity contribution is -0.132. The number of carbonyl (C=O) groups is 2. The van der Waals surface area contributed by atoms with E-state index in [1.54, 1.807) is 0 Å². The third-order valence-electron chi connectivity index (χ3n) is 3.05. The van der Waals surface area contributed by atoms with E-state index in [-0.39, 0.29) is 51.6 Å². The molecule has 0 aliphatic heterocycles. The summed E-state index contributed by atoms with van der Waals surface area (Å²) in [6.07, 6.45) is 10.7. The molecule has 152 valence electrons. The third-order valence-corrected chi connectivity index (χ3v) is 4.07. The van der Waals surface area contributed by atoms with Crippen molar-refractivity contribution in [3.8, 4) is 24.7 Å². The van der Waals surface area contributed by atoms with Gasteiger partial charge in [-0.15, -0.1) is 12.8 Å². The van der Waals surface area contributed by atoms with Gasteiger partial charge in [0.1, 0.15) is 0 Å². The third kappa shape index (κ3) is 13.9. The number of nitrogens with one attached hydrogen (secondary N) is 1. The molecule has 0 aromatic heterocycles. The van der Waals surface area contributed by atoms with Crippen LogP contribution in [0.25, 0.3) is 0 Å². The van der Waals surface area contributed by atoms with Crippen LogP contribution in [0, 0.1) is 24.7 Å². The smallest absolute Gasteiger partial charge is 0.382 e. The lowest BCUT2D eigenvalue weighted by Crippen LogP contribution is -2.33. The van der Waals surface area contributed by atoms with E-state index >= 15 is 0 Å². The summed E-state index contributed by atoms with van der Waals surface area (Å²) in [5.74, 6) is 3.92. The number of ether oxygens (including phenoxy) is 1. The van der Waals surface area contributed by atoms with Gasteiger partial charge >= 0.3 is 7.82 Å². The molecule has 0 aliphatic carbocycles. The summed E-state index contributed by atoms with van der Waals surface area (Å²) in [4.78, 5) is 34.3. The second-order valence-electron chi connectivity index (χ2n) is 5.19. The molecular formula is C17H27N2O7P. The number of phosphoric ester groups is 1. The first-order chi connectivity index (χ1) is 12.9. The zero-order chi connectivity index (χ0) is 20.5. The number of rotatable bonds is 15. The Balaban J connectivity index is 3.93. The average Bonchev–Trinajstić information content (AvgIpc) is 2.63. The van der Waals surface area contributed by atoms with Crippen molar-refractivity contribution in [1.82, 2.24) is 10.2 Å². The Kier molecular flexibility index (Phi) is 14.2. The minimum absolute atomic E-state index is 0.00168. The molecule has 2 amide bonds.